The van der Waals surface area contributed by atoms with Gasteiger partial charge in [0.15, 0.2) is 0 Å². The average molecular weight is 494 g/mol. The van der Waals surface area contributed by atoms with Gasteiger partial charge in [0, 0.05) is 11.6 Å². The van der Waals surface area contributed by atoms with Crippen LogP contribution in [0.5, 0.6) is 11.5 Å². The molecule has 0 aliphatic rings. The third-order valence-electron chi connectivity index (χ3n) is 6.18. The topological polar surface area (TPSA) is 82.8 Å². The van der Waals surface area contributed by atoms with Gasteiger partial charge >= 0.3 is 0 Å². The molecule has 5 heteroatoms. The highest BCUT2D eigenvalue weighted by atomic mass is 16.5. The zero-order chi connectivity index (χ0) is 26.0. The number of aliphatic hydroxyl groups excluding tert-OH is 2. The van der Waals surface area contributed by atoms with Crippen molar-refractivity contribution in [1.29, 1.82) is 0 Å². The van der Waals surface area contributed by atoms with Crippen LogP contribution in [0.15, 0.2) is 115 Å². The van der Waals surface area contributed by atoms with Crippen LogP contribution in [0.3, 0.4) is 0 Å². The van der Waals surface area contributed by atoms with Crippen molar-refractivity contribution in [2.75, 3.05) is 13.2 Å². The number of hydrogen-bond acceptors (Lipinski definition) is 5. The van der Waals surface area contributed by atoms with Crippen molar-refractivity contribution in [3.63, 3.8) is 0 Å². The number of pyridine rings is 1. The Balaban J connectivity index is 1.55. The summed E-state index contributed by atoms with van der Waals surface area (Å²) in [6.07, 6.45) is 5.47. The second-order valence-electron chi connectivity index (χ2n) is 8.71. The van der Waals surface area contributed by atoms with Gasteiger partial charge in [-0.15, -0.1) is 0 Å². The number of rotatable bonds is 11. The molecule has 37 heavy (non-hydrogen) atoms. The zero-order valence-corrected chi connectivity index (χ0v) is 20.6. The second kappa shape index (κ2) is 12.7. The van der Waals surface area contributed by atoms with Gasteiger partial charge in [-0.3, -0.25) is 4.98 Å². The lowest BCUT2D eigenvalue weighted by Crippen LogP contribution is -2.16. The monoisotopic (exact) mass is 493 g/mol. The summed E-state index contributed by atoms with van der Waals surface area (Å²) in [6.45, 7) is 4.08. The second-order valence-corrected chi connectivity index (χ2v) is 8.71. The maximum absolute atomic E-state index is 11.1. The Morgan fingerprint density at radius 3 is 2.38 bits per heavy atom. The quantitative estimate of drug-likeness (QED) is 0.218. The van der Waals surface area contributed by atoms with E-state index in [2.05, 4.69) is 17.6 Å². The Morgan fingerprint density at radius 2 is 1.65 bits per heavy atom. The summed E-state index contributed by atoms with van der Waals surface area (Å²) in [4.78, 5) is 4.54. The molecule has 1 unspecified atom stereocenters. The highest BCUT2D eigenvalue weighted by Gasteiger charge is 2.17. The maximum atomic E-state index is 11.1. The van der Waals surface area contributed by atoms with E-state index in [9.17, 15) is 15.3 Å². The zero-order valence-electron chi connectivity index (χ0n) is 20.6. The predicted octanol–water partition coefficient (Wildman–Crippen LogP) is 6.18. The number of aliphatic hydroxyl groups is 2. The minimum absolute atomic E-state index is 0.204. The summed E-state index contributed by atoms with van der Waals surface area (Å²) in [5.74, 6) is 0.945. The van der Waals surface area contributed by atoms with Crippen molar-refractivity contribution in [3.05, 3.63) is 126 Å². The predicted molar refractivity (Wildman–Crippen MR) is 149 cm³/mol. The van der Waals surface area contributed by atoms with Gasteiger partial charge in [-0.2, -0.15) is 0 Å². The smallest absolute Gasteiger partial charge is 0.123 e. The lowest BCUT2D eigenvalue weighted by atomic mass is 9.93. The highest BCUT2D eigenvalue weighted by Crippen LogP contribution is 2.32. The van der Waals surface area contributed by atoms with E-state index in [1.54, 1.807) is 18.3 Å². The van der Waals surface area contributed by atoms with E-state index in [1.807, 2.05) is 78.9 Å². The number of aromatic hydroxyl groups is 1. The summed E-state index contributed by atoms with van der Waals surface area (Å²) < 4.78 is 5.79. The Morgan fingerprint density at radius 1 is 0.919 bits per heavy atom. The largest absolute Gasteiger partial charge is 0.507 e. The van der Waals surface area contributed by atoms with Crippen molar-refractivity contribution >= 4 is 22.4 Å². The third kappa shape index (κ3) is 6.73. The van der Waals surface area contributed by atoms with E-state index in [-0.39, 0.29) is 19.0 Å². The van der Waals surface area contributed by atoms with Gasteiger partial charge in [0.25, 0.3) is 0 Å². The molecule has 188 valence electrons. The first-order chi connectivity index (χ1) is 18.1. The van der Waals surface area contributed by atoms with Crippen molar-refractivity contribution in [1.82, 2.24) is 4.98 Å². The molecule has 1 atom stereocenters. The number of phenols is 1. The number of nitrogens with zero attached hydrogens (tertiary/aromatic N) is 1. The highest BCUT2D eigenvalue weighted by molar-refractivity contribution is 5.98. The van der Waals surface area contributed by atoms with Gasteiger partial charge in [-0.1, -0.05) is 67.3 Å². The Bertz CT molecular complexity index is 1390. The summed E-state index contributed by atoms with van der Waals surface area (Å²) in [5.41, 5.74) is 3.89. The fourth-order valence-corrected chi connectivity index (χ4v) is 4.28. The van der Waals surface area contributed by atoms with Crippen LogP contribution in [0.1, 0.15) is 24.1 Å². The lowest BCUT2D eigenvalue weighted by molar-refractivity contribution is 0.200. The number of benzene rings is 3. The molecule has 0 bridgehead atoms. The number of para-hydroxylation sites is 1. The van der Waals surface area contributed by atoms with Crippen LogP contribution >= 0.6 is 0 Å². The summed E-state index contributed by atoms with van der Waals surface area (Å²) >= 11 is 0. The van der Waals surface area contributed by atoms with Crippen LogP contribution in [0.25, 0.3) is 22.4 Å². The Hall–Kier alpha value is -4.19. The number of phenolic OH excluding ortho intramolecular Hbond substituents is 1. The van der Waals surface area contributed by atoms with Gasteiger partial charge in [0.2, 0.25) is 0 Å². The normalized spacial score (nSPS) is 12.9. The first kappa shape index (κ1) is 25.9. The SMILES string of the molecule is C=C(COc1ccccc1)/C(=C/CO)C(O)CC/C(=C/c1ccc(O)c2ccccc12)c1ccccn1. The first-order valence-electron chi connectivity index (χ1n) is 12.2. The van der Waals surface area contributed by atoms with Crippen LogP contribution in [0.4, 0.5) is 0 Å². The van der Waals surface area contributed by atoms with Crippen molar-refractivity contribution in [3.8, 4) is 11.5 Å². The van der Waals surface area contributed by atoms with E-state index in [1.165, 1.54) is 0 Å². The van der Waals surface area contributed by atoms with Crippen molar-refractivity contribution < 1.29 is 20.1 Å². The molecule has 0 amide bonds. The van der Waals surface area contributed by atoms with Crippen LogP contribution in [0.2, 0.25) is 0 Å². The summed E-state index contributed by atoms with van der Waals surface area (Å²) in [6, 6.07) is 26.4. The Kier molecular flexibility index (Phi) is 8.87. The molecule has 0 fully saturated rings. The molecule has 5 nitrogen and oxygen atoms in total. The van der Waals surface area contributed by atoms with Crippen LogP contribution in [-0.2, 0) is 0 Å². The molecule has 0 spiro atoms. The van der Waals surface area contributed by atoms with Gasteiger partial charge in [-0.25, -0.2) is 0 Å². The minimum atomic E-state index is -0.845. The van der Waals surface area contributed by atoms with Gasteiger partial charge < -0.3 is 20.1 Å². The first-order valence-corrected chi connectivity index (χ1v) is 12.2. The van der Waals surface area contributed by atoms with E-state index >= 15 is 0 Å². The Labute approximate surface area is 217 Å². The van der Waals surface area contributed by atoms with E-state index in [0.29, 0.717) is 29.7 Å². The molecule has 1 aromatic heterocycles. The average Bonchev–Trinajstić information content (AvgIpc) is 2.95. The molecule has 1 heterocycles. The third-order valence-corrected chi connectivity index (χ3v) is 6.18. The number of ether oxygens (including phenoxy) is 1. The van der Waals surface area contributed by atoms with Gasteiger partial charge in [0.1, 0.15) is 18.1 Å². The molecule has 0 saturated heterocycles. The molecule has 0 radical (unpaired) electrons. The molecule has 0 aliphatic carbocycles. The van der Waals surface area contributed by atoms with Crippen molar-refractivity contribution in [2.45, 2.75) is 18.9 Å². The molecule has 4 rings (SSSR count). The van der Waals surface area contributed by atoms with Crippen LogP contribution in [0, 0.1) is 0 Å². The molecule has 4 aromatic rings. The minimum Gasteiger partial charge on any atom is -0.507 e. The standard InChI is InChI=1S/C32H31NO4/c1-23(22-37-26-9-3-2-4-10-26)27(18-20-34)31(35)17-15-25(30-13-7-8-19-33-30)21-24-14-16-32(36)29-12-6-5-11-28(24)29/h2-14,16,18-19,21,31,34-36H,1,15,17,20,22H2/b25-21-,27-18-. The van der Waals surface area contributed by atoms with E-state index in [4.69, 9.17) is 4.74 Å². The van der Waals surface area contributed by atoms with E-state index in [0.717, 1.165) is 27.6 Å². The molecule has 3 N–H and O–H groups in total. The molecule has 0 saturated carbocycles. The van der Waals surface area contributed by atoms with Crippen LogP contribution < -0.4 is 4.74 Å². The molecular weight excluding hydrogens is 462 g/mol. The number of fused-ring (bicyclic) bond motifs is 1. The maximum Gasteiger partial charge on any atom is 0.123 e. The number of allylic oxidation sites excluding steroid dienone is 1. The molecule has 3 aromatic carbocycles. The lowest BCUT2D eigenvalue weighted by Gasteiger charge is -2.19. The fourth-order valence-electron chi connectivity index (χ4n) is 4.28. The van der Waals surface area contributed by atoms with Crippen molar-refractivity contribution in [2.24, 2.45) is 0 Å². The number of aromatic nitrogens is 1. The fraction of sp³-hybridized carbons (Fsp3) is 0.156. The summed E-state index contributed by atoms with van der Waals surface area (Å²) in [7, 11) is 0. The molecule has 0 aliphatic heterocycles. The molecular formula is C32H31NO4. The van der Waals surface area contributed by atoms with Gasteiger partial charge in [0.05, 0.1) is 18.4 Å². The summed E-state index contributed by atoms with van der Waals surface area (Å²) in [5, 5.41) is 32.7. The number of hydrogen-bond donors (Lipinski definition) is 3. The van der Waals surface area contributed by atoms with E-state index < -0.39 is 6.10 Å². The van der Waals surface area contributed by atoms with Crippen LogP contribution in [-0.4, -0.2) is 39.6 Å². The van der Waals surface area contributed by atoms with Gasteiger partial charge in [-0.05, 0) is 76.9 Å².